The van der Waals surface area contributed by atoms with Gasteiger partial charge in [-0.1, -0.05) is 37.6 Å². The SMILES string of the molecule is CCOc1cc2c(cc1Cc1cccc(Cl)c1F)c(=O)c(OC(=O)O)cn2[C@H](CO)C(C)C. The lowest BCUT2D eigenvalue weighted by molar-refractivity contribution is 0.143. The first-order chi connectivity index (χ1) is 15.7. The number of aliphatic hydroxyl groups is 1. The molecule has 0 amide bonds. The third-order valence-electron chi connectivity index (χ3n) is 5.41. The summed E-state index contributed by atoms with van der Waals surface area (Å²) in [5.74, 6) is -0.570. The van der Waals surface area contributed by atoms with E-state index in [1.54, 1.807) is 35.8 Å². The maximum absolute atomic E-state index is 14.6. The number of fused-ring (bicyclic) bond motifs is 1. The van der Waals surface area contributed by atoms with E-state index in [-0.39, 0.29) is 29.4 Å². The maximum Gasteiger partial charge on any atom is 0.511 e. The first-order valence-corrected chi connectivity index (χ1v) is 10.8. The highest BCUT2D eigenvalue weighted by Gasteiger charge is 2.22. The van der Waals surface area contributed by atoms with Crippen molar-refractivity contribution in [1.82, 2.24) is 4.57 Å². The smallest absolute Gasteiger partial charge is 0.494 e. The van der Waals surface area contributed by atoms with Crippen LogP contribution in [0.2, 0.25) is 5.02 Å². The zero-order valence-corrected chi connectivity index (χ0v) is 19.2. The van der Waals surface area contributed by atoms with Crippen LogP contribution in [0.4, 0.5) is 9.18 Å². The summed E-state index contributed by atoms with van der Waals surface area (Å²) in [4.78, 5) is 24.3. The van der Waals surface area contributed by atoms with Crippen LogP contribution < -0.4 is 14.9 Å². The fraction of sp³-hybridized carbons (Fsp3) is 0.333. The van der Waals surface area contributed by atoms with Crippen LogP contribution in [0.15, 0.2) is 41.3 Å². The quantitative estimate of drug-likeness (QED) is 0.441. The predicted octanol–water partition coefficient (Wildman–Crippen LogP) is 5.03. The molecule has 176 valence electrons. The van der Waals surface area contributed by atoms with Crippen molar-refractivity contribution in [2.75, 3.05) is 13.2 Å². The van der Waals surface area contributed by atoms with Gasteiger partial charge >= 0.3 is 6.16 Å². The Morgan fingerprint density at radius 1 is 1.21 bits per heavy atom. The minimum Gasteiger partial charge on any atom is -0.494 e. The van der Waals surface area contributed by atoms with Crippen LogP contribution in [0.5, 0.6) is 11.5 Å². The molecule has 0 radical (unpaired) electrons. The summed E-state index contributed by atoms with van der Waals surface area (Å²) in [5.41, 5.74) is 0.632. The lowest BCUT2D eigenvalue weighted by atomic mass is 9.99. The zero-order chi connectivity index (χ0) is 24.3. The van der Waals surface area contributed by atoms with Crippen molar-refractivity contribution in [1.29, 1.82) is 0 Å². The van der Waals surface area contributed by atoms with Gasteiger partial charge in [0.1, 0.15) is 11.6 Å². The molecule has 0 bridgehead atoms. The van der Waals surface area contributed by atoms with E-state index in [0.29, 0.717) is 29.0 Å². The minimum absolute atomic E-state index is 0.0199. The van der Waals surface area contributed by atoms with Crippen molar-refractivity contribution in [2.45, 2.75) is 33.2 Å². The fourth-order valence-corrected chi connectivity index (χ4v) is 3.97. The lowest BCUT2D eigenvalue weighted by Crippen LogP contribution is -2.23. The van der Waals surface area contributed by atoms with E-state index in [9.17, 15) is 19.1 Å². The molecule has 0 aliphatic carbocycles. The van der Waals surface area contributed by atoms with Crippen LogP contribution in [-0.2, 0) is 6.42 Å². The molecule has 0 fully saturated rings. The largest absolute Gasteiger partial charge is 0.511 e. The molecule has 0 aliphatic heterocycles. The van der Waals surface area contributed by atoms with E-state index >= 15 is 0 Å². The van der Waals surface area contributed by atoms with Gasteiger partial charge in [0.15, 0.2) is 5.75 Å². The molecule has 0 aliphatic rings. The van der Waals surface area contributed by atoms with Gasteiger partial charge in [0, 0.05) is 12.5 Å². The van der Waals surface area contributed by atoms with E-state index in [1.807, 2.05) is 13.8 Å². The highest BCUT2D eigenvalue weighted by atomic mass is 35.5. The summed E-state index contributed by atoms with van der Waals surface area (Å²) < 4.78 is 26.7. The third kappa shape index (κ3) is 5.12. The van der Waals surface area contributed by atoms with Gasteiger partial charge < -0.3 is 24.3 Å². The zero-order valence-electron chi connectivity index (χ0n) is 18.5. The molecule has 2 N–H and O–H groups in total. The number of hydrogen-bond donors (Lipinski definition) is 2. The van der Waals surface area contributed by atoms with Gasteiger partial charge in [-0.05, 0) is 36.1 Å². The van der Waals surface area contributed by atoms with Crippen LogP contribution in [0.1, 0.15) is 37.9 Å². The molecular weight excluding hydrogens is 453 g/mol. The number of rotatable bonds is 8. The second-order valence-corrected chi connectivity index (χ2v) is 8.30. The van der Waals surface area contributed by atoms with Crippen LogP contribution in [0.25, 0.3) is 10.9 Å². The van der Waals surface area contributed by atoms with E-state index < -0.39 is 29.2 Å². The first kappa shape index (κ1) is 24.5. The monoisotopic (exact) mass is 477 g/mol. The van der Waals surface area contributed by atoms with E-state index in [1.165, 1.54) is 12.3 Å². The van der Waals surface area contributed by atoms with Crippen LogP contribution in [0.3, 0.4) is 0 Å². The Labute approximate surface area is 194 Å². The molecule has 0 saturated carbocycles. The Balaban J connectivity index is 2.32. The van der Waals surface area contributed by atoms with Crippen molar-refractivity contribution in [3.63, 3.8) is 0 Å². The second kappa shape index (κ2) is 10.2. The molecule has 0 spiro atoms. The van der Waals surface area contributed by atoms with E-state index in [0.717, 1.165) is 0 Å². The van der Waals surface area contributed by atoms with Crippen molar-refractivity contribution in [3.8, 4) is 11.5 Å². The van der Waals surface area contributed by atoms with Gasteiger partial charge in [0.2, 0.25) is 5.43 Å². The fourth-order valence-electron chi connectivity index (χ4n) is 3.78. The first-order valence-electron chi connectivity index (χ1n) is 10.5. The number of halogens is 2. The standard InChI is InChI=1S/C24H25ClFNO6/c1-4-32-20-10-18-16(9-15(20)8-14-6-5-7-17(25)22(14)26)23(29)21(33-24(30)31)11-27(18)19(12-28)13(2)3/h5-7,9-11,13,19,28H,4,8,12H2,1-3H3,(H,30,31)/t19-/m1/s1. The number of ether oxygens (including phenoxy) is 2. The topological polar surface area (TPSA) is 98.0 Å². The summed E-state index contributed by atoms with van der Waals surface area (Å²) >= 11 is 5.92. The second-order valence-electron chi connectivity index (χ2n) is 7.89. The summed E-state index contributed by atoms with van der Waals surface area (Å²) in [6.45, 7) is 5.66. The van der Waals surface area contributed by atoms with Crippen molar-refractivity contribution >= 4 is 28.7 Å². The summed E-state index contributed by atoms with van der Waals surface area (Å²) in [5, 5.41) is 19.2. The number of carbonyl (C=O) groups is 1. The molecule has 3 aromatic rings. The summed E-state index contributed by atoms with van der Waals surface area (Å²) in [6, 6.07) is 7.39. The minimum atomic E-state index is -1.63. The predicted molar refractivity (Wildman–Crippen MR) is 123 cm³/mol. The van der Waals surface area contributed by atoms with Gasteiger partial charge in [-0.15, -0.1) is 0 Å². The molecule has 1 heterocycles. The number of hydrogen-bond acceptors (Lipinski definition) is 5. The number of pyridine rings is 1. The van der Waals surface area contributed by atoms with Crippen LogP contribution >= 0.6 is 11.6 Å². The molecule has 3 rings (SSSR count). The van der Waals surface area contributed by atoms with Crippen molar-refractivity contribution in [2.24, 2.45) is 5.92 Å². The number of benzene rings is 2. The summed E-state index contributed by atoms with van der Waals surface area (Å²) in [7, 11) is 0. The molecule has 2 aromatic carbocycles. The average molecular weight is 478 g/mol. The lowest BCUT2D eigenvalue weighted by Gasteiger charge is -2.25. The number of carboxylic acid groups (broad SMARTS) is 1. The van der Waals surface area contributed by atoms with Gasteiger partial charge in [-0.25, -0.2) is 9.18 Å². The highest BCUT2D eigenvalue weighted by Crippen LogP contribution is 2.32. The van der Waals surface area contributed by atoms with Gasteiger partial charge in [-0.2, -0.15) is 0 Å². The Kier molecular flexibility index (Phi) is 7.61. The maximum atomic E-state index is 14.6. The Morgan fingerprint density at radius 3 is 2.55 bits per heavy atom. The van der Waals surface area contributed by atoms with Crippen molar-refractivity contribution < 1.29 is 28.9 Å². The summed E-state index contributed by atoms with van der Waals surface area (Å²) in [6.07, 6.45) is -0.254. The molecule has 33 heavy (non-hydrogen) atoms. The van der Waals surface area contributed by atoms with Gasteiger partial charge in [-0.3, -0.25) is 4.79 Å². The van der Waals surface area contributed by atoms with Crippen molar-refractivity contribution in [3.05, 3.63) is 68.7 Å². The number of aromatic nitrogens is 1. The molecule has 1 atom stereocenters. The Morgan fingerprint density at radius 2 is 1.94 bits per heavy atom. The molecule has 9 heteroatoms. The Bertz CT molecular complexity index is 1240. The van der Waals surface area contributed by atoms with Gasteiger partial charge in [0.25, 0.3) is 0 Å². The van der Waals surface area contributed by atoms with Gasteiger partial charge in [0.05, 0.1) is 41.4 Å². The molecule has 0 saturated heterocycles. The number of aliphatic hydroxyl groups excluding tert-OH is 1. The molecule has 0 unspecified atom stereocenters. The van der Waals surface area contributed by atoms with E-state index in [4.69, 9.17) is 26.2 Å². The molecule has 1 aromatic heterocycles. The average Bonchev–Trinajstić information content (AvgIpc) is 2.75. The highest BCUT2D eigenvalue weighted by molar-refractivity contribution is 6.30. The van der Waals surface area contributed by atoms with E-state index in [2.05, 4.69) is 0 Å². The van der Waals surface area contributed by atoms with Crippen LogP contribution in [-0.4, -0.2) is 34.1 Å². The third-order valence-corrected chi connectivity index (χ3v) is 5.70. The number of nitrogens with zero attached hydrogens (tertiary/aromatic N) is 1. The molecular formula is C24H25ClFNO6. The normalized spacial score (nSPS) is 12.2. The van der Waals surface area contributed by atoms with Crippen LogP contribution in [0, 0.1) is 11.7 Å². The molecule has 7 nitrogen and oxygen atoms in total. The Hall–Kier alpha value is -3.10.